The molecule has 7 heteroatoms. The maximum atomic E-state index is 13.7. The topological polar surface area (TPSA) is 45.2 Å². The van der Waals surface area contributed by atoms with E-state index < -0.39 is 0 Å². The Kier molecular flexibility index (Phi) is 3.97. The minimum absolute atomic E-state index is 0.000800. The van der Waals surface area contributed by atoms with Crippen molar-refractivity contribution < 1.29 is 9.18 Å². The van der Waals surface area contributed by atoms with E-state index >= 15 is 0 Å². The van der Waals surface area contributed by atoms with E-state index in [0.717, 1.165) is 20.0 Å². The summed E-state index contributed by atoms with van der Waals surface area (Å²) in [4.78, 5) is 18.6. The van der Waals surface area contributed by atoms with E-state index in [0.29, 0.717) is 18.6 Å². The van der Waals surface area contributed by atoms with Gasteiger partial charge in [-0.25, -0.2) is 9.37 Å². The molecule has 0 radical (unpaired) electrons. The van der Waals surface area contributed by atoms with Gasteiger partial charge in [-0.15, -0.1) is 0 Å². The molecule has 0 unspecified atom stereocenters. The number of aromatic nitrogens is 1. The standard InChI is InChI=1S/C17H13BrFN3OS/c18-11-4-6-12(7-5-11)20-16(23)10-8-22(9-10)17-21-15-13(19)2-1-3-14(15)24-17/h1-7,10H,8-9H2,(H,20,23). The molecule has 4 nitrogen and oxygen atoms in total. The van der Waals surface area contributed by atoms with Gasteiger partial charge in [0.1, 0.15) is 11.3 Å². The number of anilines is 2. The summed E-state index contributed by atoms with van der Waals surface area (Å²) in [5, 5.41) is 3.68. The molecule has 122 valence electrons. The maximum Gasteiger partial charge on any atom is 0.231 e. The number of thiazole rings is 1. The Bertz CT molecular complexity index is 906. The number of para-hydroxylation sites is 1. The third-order valence-electron chi connectivity index (χ3n) is 3.99. The largest absolute Gasteiger partial charge is 0.346 e. The average Bonchev–Trinajstić information content (AvgIpc) is 2.93. The number of halogens is 2. The van der Waals surface area contributed by atoms with Gasteiger partial charge in [0.2, 0.25) is 5.91 Å². The predicted octanol–water partition coefficient (Wildman–Crippen LogP) is 4.27. The molecule has 0 spiro atoms. The second-order valence-corrected chi connectivity index (χ2v) is 7.61. The van der Waals surface area contributed by atoms with E-state index in [9.17, 15) is 9.18 Å². The quantitative estimate of drug-likeness (QED) is 0.707. The molecule has 1 aromatic heterocycles. The lowest BCUT2D eigenvalue weighted by Gasteiger charge is -2.37. The lowest BCUT2D eigenvalue weighted by Crippen LogP contribution is -2.52. The lowest BCUT2D eigenvalue weighted by atomic mass is 10.00. The highest BCUT2D eigenvalue weighted by Gasteiger charge is 2.34. The summed E-state index contributed by atoms with van der Waals surface area (Å²) in [6.07, 6.45) is 0. The van der Waals surface area contributed by atoms with Crippen LogP contribution in [-0.2, 0) is 4.79 Å². The Morgan fingerprint density at radius 3 is 2.71 bits per heavy atom. The molecular formula is C17H13BrFN3OS. The Labute approximate surface area is 150 Å². The van der Waals surface area contributed by atoms with Gasteiger partial charge in [-0.3, -0.25) is 4.79 Å². The smallest absolute Gasteiger partial charge is 0.231 e. The van der Waals surface area contributed by atoms with Crippen LogP contribution in [0.15, 0.2) is 46.9 Å². The van der Waals surface area contributed by atoms with Gasteiger partial charge >= 0.3 is 0 Å². The molecular weight excluding hydrogens is 393 g/mol. The Morgan fingerprint density at radius 1 is 1.25 bits per heavy atom. The van der Waals surface area contributed by atoms with E-state index in [4.69, 9.17) is 0 Å². The van der Waals surface area contributed by atoms with Crippen molar-refractivity contribution in [1.82, 2.24) is 4.98 Å². The minimum Gasteiger partial charge on any atom is -0.346 e. The van der Waals surface area contributed by atoms with Crippen molar-refractivity contribution >= 4 is 54.2 Å². The molecule has 0 aliphatic carbocycles. The average molecular weight is 406 g/mol. The summed E-state index contributed by atoms with van der Waals surface area (Å²) in [7, 11) is 0. The van der Waals surface area contributed by atoms with Crippen LogP contribution in [0.2, 0.25) is 0 Å². The molecule has 4 rings (SSSR count). The molecule has 0 bridgehead atoms. The number of benzene rings is 2. The molecule has 1 amide bonds. The zero-order valence-electron chi connectivity index (χ0n) is 12.5. The number of nitrogens with zero attached hydrogens (tertiary/aromatic N) is 2. The first kappa shape index (κ1) is 15.5. The van der Waals surface area contributed by atoms with E-state index in [1.807, 2.05) is 35.2 Å². The summed E-state index contributed by atoms with van der Waals surface area (Å²) in [5.74, 6) is -0.383. The van der Waals surface area contributed by atoms with E-state index in [-0.39, 0.29) is 17.6 Å². The third-order valence-corrected chi connectivity index (χ3v) is 5.60. The van der Waals surface area contributed by atoms with Crippen LogP contribution in [0.3, 0.4) is 0 Å². The van der Waals surface area contributed by atoms with Crippen molar-refractivity contribution in [3.05, 3.63) is 52.8 Å². The Balaban J connectivity index is 1.40. The number of carbonyl (C=O) groups excluding carboxylic acids is 1. The number of rotatable bonds is 3. The molecule has 1 aliphatic rings. The van der Waals surface area contributed by atoms with E-state index in [1.165, 1.54) is 17.4 Å². The number of hydrogen-bond acceptors (Lipinski definition) is 4. The third kappa shape index (κ3) is 2.89. The fraction of sp³-hybridized carbons (Fsp3) is 0.176. The van der Waals surface area contributed by atoms with Crippen LogP contribution >= 0.6 is 27.3 Å². The van der Waals surface area contributed by atoms with Gasteiger partial charge in [0.05, 0.1) is 10.6 Å². The van der Waals surface area contributed by atoms with Crippen LogP contribution in [0.1, 0.15) is 0 Å². The molecule has 3 aromatic rings. The molecule has 2 aromatic carbocycles. The van der Waals surface area contributed by atoms with Gasteiger partial charge < -0.3 is 10.2 Å². The van der Waals surface area contributed by atoms with Crippen molar-refractivity contribution in [3.63, 3.8) is 0 Å². The molecule has 1 aliphatic heterocycles. The van der Waals surface area contributed by atoms with Crippen LogP contribution in [0.5, 0.6) is 0 Å². The molecule has 1 fully saturated rings. The number of nitrogens with one attached hydrogen (secondary N) is 1. The fourth-order valence-electron chi connectivity index (χ4n) is 2.62. The Hall–Kier alpha value is -1.99. The summed E-state index contributed by atoms with van der Waals surface area (Å²) in [5.41, 5.74) is 1.18. The van der Waals surface area contributed by atoms with Crippen LogP contribution in [0.25, 0.3) is 10.2 Å². The van der Waals surface area contributed by atoms with Gasteiger partial charge in [-0.2, -0.15) is 0 Å². The number of carbonyl (C=O) groups is 1. The SMILES string of the molecule is O=C(Nc1ccc(Br)cc1)C1CN(c2nc3c(F)cccc3s2)C1. The highest BCUT2D eigenvalue weighted by molar-refractivity contribution is 9.10. The number of fused-ring (bicyclic) bond motifs is 1. The monoisotopic (exact) mass is 405 g/mol. The van der Waals surface area contributed by atoms with Crippen LogP contribution in [-0.4, -0.2) is 24.0 Å². The Morgan fingerprint density at radius 2 is 2.00 bits per heavy atom. The van der Waals surface area contributed by atoms with E-state index in [1.54, 1.807) is 6.07 Å². The van der Waals surface area contributed by atoms with Crippen molar-refractivity contribution in [1.29, 1.82) is 0 Å². The first-order chi connectivity index (χ1) is 11.6. The molecule has 1 saturated heterocycles. The lowest BCUT2D eigenvalue weighted by molar-refractivity contribution is -0.120. The van der Waals surface area contributed by atoms with Gasteiger partial charge in [-0.05, 0) is 36.4 Å². The zero-order valence-corrected chi connectivity index (χ0v) is 14.9. The molecule has 1 N–H and O–H groups in total. The number of hydrogen-bond donors (Lipinski definition) is 1. The van der Waals surface area contributed by atoms with Crippen LogP contribution < -0.4 is 10.2 Å². The maximum absolute atomic E-state index is 13.7. The van der Waals surface area contributed by atoms with Crippen molar-refractivity contribution in [3.8, 4) is 0 Å². The highest BCUT2D eigenvalue weighted by atomic mass is 79.9. The first-order valence-corrected chi connectivity index (χ1v) is 9.07. The van der Waals surface area contributed by atoms with Crippen molar-refractivity contribution in [2.75, 3.05) is 23.3 Å². The van der Waals surface area contributed by atoms with Gasteiger partial charge in [0.25, 0.3) is 0 Å². The molecule has 0 atom stereocenters. The van der Waals surface area contributed by atoms with E-state index in [2.05, 4.69) is 26.2 Å². The van der Waals surface area contributed by atoms with Gasteiger partial charge in [0, 0.05) is 23.2 Å². The molecule has 2 heterocycles. The first-order valence-electron chi connectivity index (χ1n) is 7.46. The van der Waals surface area contributed by atoms with Crippen LogP contribution in [0, 0.1) is 11.7 Å². The summed E-state index contributed by atoms with van der Waals surface area (Å²) in [6.45, 7) is 1.20. The van der Waals surface area contributed by atoms with Gasteiger partial charge in [-0.1, -0.05) is 33.3 Å². The molecule has 0 saturated carbocycles. The predicted molar refractivity (Wildman–Crippen MR) is 98.1 cm³/mol. The van der Waals surface area contributed by atoms with Crippen molar-refractivity contribution in [2.24, 2.45) is 5.92 Å². The number of amides is 1. The zero-order chi connectivity index (χ0) is 16.7. The second-order valence-electron chi connectivity index (χ2n) is 5.68. The van der Waals surface area contributed by atoms with Crippen LogP contribution in [0.4, 0.5) is 15.2 Å². The summed E-state index contributed by atoms with van der Waals surface area (Å²) < 4.78 is 15.5. The summed E-state index contributed by atoms with van der Waals surface area (Å²) in [6, 6.07) is 12.4. The summed E-state index contributed by atoms with van der Waals surface area (Å²) >= 11 is 4.82. The van der Waals surface area contributed by atoms with Crippen molar-refractivity contribution in [2.45, 2.75) is 0 Å². The molecule has 24 heavy (non-hydrogen) atoms. The second kappa shape index (κ2) is 6.14. The normalized spacial score (nSPS) is 14.7. The highest BCUT2D eigenvalue weighted by Crippen LogP contribution is 2.34. The fourth-order valence-corrected chi connectivity index (χ4v) is 3.88. The minimum atomic E-state index is -0.306. The van der Waals surface area contributed by atoms with Gasteiger partial charge in [0.15, 0.2) is 5.13 Å².